The number of aromatic nitrogens is 2. The molecule has 0 bridgehead atoms. The van der Waals surface area contributed by atoms with E-state index in [1.165, 1.54) is 0 Å². The number of β-amino-alcohol motifs (C(OH)–C–C–N with tert-alkyl or cyclic N) is 1. The highest BCUT2D eigenvalue weighted by molar-refractivity contribution is 4.90. The first-order valence-corrected chi connectivity index (χ1v) is 6.36. The molecule has 18 heavy (non-hydrogen) atoms. The van der Waals surface area contributed by atoms with E-state index in [2.05, 4.69) is 36.0 Å². The van der Waals surface area contributed by atoms with E-state index in [9.17, 15) is 5.11 Å². The van der Waals surface area contributed by atoms with Crippen molar-refractivity contribution in [1.29, 1.82) is 0 Å². The molecule has 0 fully saturated rings. The lowest BCUT2D eigenvalue weighted by Gasteiger charge is -2.25. The lowest BCUT2D eigenvalue weighted by atomic mass is 10.1. The number of aryl methyl sites for hydroxylation is 1. The normalized spacial score (nSPS) is 14.2. The summed E-state index contributed by atoms with van der Waals surface area (Å²) in [5.74, 6) is 1.01. The maximum Gasteiger partial charge on any atom is 0.122 e. The first kappa shape index (κ1) is 15.1. The molecule has 2 N–H and O–H groups in total. The maximum absolute atomic E-state index is 9.95. The minimum absolute atomic E-state index is 0.0409. The van der Waals surface area contributed by atoms with Gasteiger partial charge >= 0.3 is 0 Å². The third kappa shape index (κ3) is 5.62. The number of hydrogen-bond donors (Lipinski definition) is 2. The van der Waals surface area contributed by atoms with Crippen LogP contribution in [-0.4, -0.2) is 51.3 Å². The van der Waals surface area contributed by atoms with Gasteiger partial charge in [0.15, 0.2) is 0 Å². The smallest absolute Gasteiger partial charge is 0.122 e. The first-order chi connectivity index (χ1) is 8.28. The van der Waals surface area contributed by atoms with Gasteiger partial charge in [0, 0.05) is 38.1 Å². The summed E-state index contributed by atoms with van der Waals surface area (Å²) in [6.45, 7) is 8.27. The van der Waals surface area contributed by atoms with Crippen LogP contribution in [0.25, 0.3) is 0 Å². The van der Waals surface area contributed by atoms with Crippen molar-refractivity contribution in [1.82, 2.24) is 19.8 Å². The summed E-state index contributed by atoms with van der Waals surface area (Å²) < 4.78 is 2.00. The largest absolute Gasteiger partial charge is 0.390 e. The van der Waals surface area contributed by atoms with Gasteiger partial charge in [0.05, 0.1) is 12.6 Å². The number of hydrogen-bond acceptors (Lipinski definition) is 4. The fourth-order valence-electron chi connectivity index (χ4n) is 1.70. The van der Waals surface area contributed by atoms with E-state index in [0.29, 0.717) is 13.1 Å². The fraction of sp³-hybridized carbons (Fsp3) is 0.769. The van der Waals surface area contributed by atoms with Gasteiger partial charge in [0.25, 0.3) is 0 Å². The molecule has 1 atom stereocenters. The zero-order chi connectivity index (χ0) is 13.8. The van der Waals surface area contributed by atoms with Gasteiger partial charge in [-0.2, -0.15) is 0 Å². The summed E-state index contributed by atoms with van der Waals surface area (Å²) in [7, 11) is 3.97. The Hall–Kier alpha value is -0.910. The Bertz CT molecular complexity index is 356. The van der Waals surface area contributed by atoms with Crippen LogP contribution in [0.15, 0.2) is 12.4 Å². The topological polar surface area (TPSA) is 53.3 Å². The van der Waals surface area contributed by atoms with E-state index >= 15 is 0 Å². The maximum atomic E-state index is 9.95. The van der Waals surface area contributed by atoms with Crippen molar-refractivity contribution in [2.24, 2.45) is 7.05 Å². The molecule has 5 nitrogen and oxygen atoms in total. The monoisotopic (exact) mass is 254 g/mol. The van der Waals surface area contributed by atoms with Gasteiger partial charge in [-0.3, -0.25) is 4.90 Å². The van der Waals surface area contributed by atoms with Crippen molar-refractivity contribution in [3.05, 3.63) is 18.2 Å². The molecular weight excluding hydrogens is 228 g/mol. The number of imidazole rings is 1. The zero-order valence-corrected chi connectivity index (χ0v) is 12.1. The molecule has 1 unspecified atom stereocenters. The SMILES string of the molecule is CN(Cc1nccn1C)CC(O)CNC(C)(C)C. The summed E-state index contributed by atoms with van der Waals surface area (Å²) in [6, 6.07) is 0. The fourth-order valence-corrected chi connectivity index (χ4v) is 1.70. The summed E-state index contributed by atoms with van der Waals surface area (Å²) in [5.41, 5.74) is 0.0409. The molecule has 0 amide bonds. The predicted octanol–water partition coefficient (Wildman–Crippen LogP) is 0.601. The number of likely N-dealkylation sites (N-methyl/N-ethyl adjacent to an activating group) is 1. The van der Waals surface area contributed by atoms with Crippen molar-refractivity contribution < 1.29 is 5.11 Å². The Morgan fingerprint density at radius 3 is 2.67 bits per heavy atom. The number of aliphatic hydroxyl groups excluding tert-OH is 1. The summed E-state index contributed by atoms with van der Waals surface area (Å²) in [4.78, 5) is 6.35. The van der Waals surface area contributed by atoms with Gasteiger partial charge in [0.1, 0.15) is 5.82 Å². The van der Waals surface area contributed by atoms with Crippen LogP contribution in [0.2, 0.25) is 0 Å². The van der Waals surface area contributed by atoms with Crippen LogP contribution in [0.3, 0.4) is 0 Å². The number of nitrogens with one attached hydrogen (secondary N) is 1. The Morgan fingerprint density at radius 1 is 1.50 bits per heavy atom. The van der Waals surface area contributed by atoms with Gasteiger partial charge in [-0.15, -0.1) is 0 Å². The second kappa shape index (κ2) is 6.31. The van der Waals surface area contributed by atoms with Crippen molar-refractivity contribution in [2.45, 2.75) is 39.0 Å². The molecular formula is C13H26N4O. The summed E-state index contributed by atoms with van der Waals surface area (Å²) in [6.07, 6.45) is 3.36. The molecule has 0 aromatic carbocycles. The van der Waals surface area contributed by atoms with Crippen LogP contribution in [0, 0.1) is 0 Å². The molecule has 0 aliphatic carbocycles. The Labute approximate surface area is 110 Å². The summed E-state index contributed by atoms with van der Waals surface area (Å²) in [5, 5.41) is 13.2. The van der Waals surface area contributed by atoms with E-state index in [1.807, 2.05) is 24.9 Å². The highest BCUT2D eigenvalue weighted by atomic mass is 16.3. The minimum atomic E-state index is -0.366. The average molecular weight is 254 g/mol. The number of rotatable bonds is 6. The van der Waals surface area contributed by atoms with Crippen molar-refractivity contribution in [3.8, 4) is 0 Å². The Kier molecular flexibility index (Phi) is 5.31. The Balaban J connectivity index is 2.31. The van der Waals surface area contributed by atoms with E-state index in [4.69, 9.17) is 0 Å². The molecule has 1 heterocycles. The molecule has 0 saturated heterocycles. The highest BCUT2D eigenvalue weighted by Crippen LogP contribution is 2.02. The highest BCUT2D eigenvalue weighted by Gasteiger charge is 2.14. The van der Waals surface area contributed by atoms with Crippen LogP contribution in [0.4, 0.5) is 0 Å². The van der Waals surface area contributed by atoms with Gasteiger partial charge in [-0.05, 0) is 27.8 Å². The van der Waals surface area contributed by atoms with E-state index < -0.39 is 0 Å². The molecule has 1 rings (SSSR count). The van der Waals surface area contributed by atoms with Crippen LogP contribution < -0.4 is 5.32 Å². The van der Waals surface area contributed by atoms with Gasteiger partial charge in [0.2, 0.25) is 0 Å². The molecule has 5 heteroatoms. The second-order valence-electron chi connectivity index (χ2n) is 5.94. The van der Waals surface area contributed by atoms with Gasteiger partial charge < -0.3 is 15.0 Å². The third-order valence-electron chi connectivity index (χ3n) is 2.72. The Morgan fingerprint density at radius 2 is 2.17 bits per heavy atom. The van der Waals surface area contributed by atoms with E-state index in [1.54, 1.807) is 6.20 Å². The molecule has 0 radical (unpaired) electrons. The predicted molar refractivity (Wildman–Crippen MR) is 73.3 cm³/mol. The van der Waals surface area contributed by atoms with Crippen molar-refractivity contribution in [2.75, 3.05) is 20.1 Å². The minimum Gasteiger partial charge on any atom is -0.390 e. The number of aliphatic hydroxyl groups is 1. The standard InChI is InChI=1S/C13H26N4O/c1-13(2,3)15-8-11(18)9-16(4)10-12-14-6-7-17(12)5/h6-7,11,15,18H,8-10H2,1-5H3. The first-order valence-electron chi connectivity index (χ1n) is 6.36. The lowest BCUT2D eigenvalue weighted by molar-refractivity contribution is 0.113. The quantitative estimate of drug-likeness (QED) is 0.780. The van der Waals surface area contributed by atoms with E-state index in [0.717, 1.165) is 12.4 Å². The lowest BCUT2D eigenvalue weighted by Crippen LogP contribution is -2.44. The van der Waals surface area contributed by atoms with Crippen molar-refractivity contribution in [3.63, 3.8) is 0 Å². The van der Waals surface area contributed by atoms with Crippen molar-refractivity contribution >= 4 is 0 Å². The van der Waals surface area contributed by atoms with Crippen LogP contribution in [-0.2, 0) is 13.6 Å². The molecule has 104 valence electrons. The molecule has 1 aromatic rings. The second-order valence-corrected chi connectivity index (χ2v) is 5.94. The molecule has 1 aromatic heterocycles. The average Bonchev–Trinajstić information content (AvgIpc) is 2.60. The van der Waals surface area contributed by atoms with Gasteiger partial charge in [-0.25, -0.2) is 4.98 Å². The summed E-state index contributed by atoms with van der Waals surface area (Å²) >= 11 is 0. The molecule has 0 spiro atoms. The molecule has 0 aliphatic rings. The molecule has 0 aliphatic heterocycles. The third-order valence-corrected chi connectivity index (χ3v) is 2.72. The molecule has 0 saturated carbocycles. The van der Waals surface area contributed by atoms with Crippen LogP contribution in [0.5, 0.6) is 0 Å². The zero-order valence-electron chi connectivity index (χ0n) is 12.1. The van der Waals surface area contributed by atoms with E-state index in [-0.39, 0.29) is 11.6 Å². The van der Waals surface area contributed by atoms with Gasteiger partial charge in [-0.1, -0.05) is 0 Å². The van der Waals surface area contributed by atoms with Crippen LogP contribution in [0.1, 0.15) is 26.6 Å². The van der Waals surface area contributed by atoms with Crippen LogP contribution >= 0.6 is 0 Å². The number of nitrogens with zero attached hydrogens (tertiary/aromatic N) is 3.